The average Bonchev–Trinajstić information content (AvgIpc) is 2.66. The van der Waals surface area contributed by atoms with Crippen LogP contribution in [0.5, 0.6) is 0 Å². The molecule has 0 radical (unpaired) electrons. The Bertz CT molecular complexity index is 454. The van der Waals surface area contributed by atoms with Gasteiger partial charge in [-0.05, 0) is 13.0 Å². The van der Waals surface area contributed by atoms with Crippen molar-refractivity contribution in [3.05, 3.63) is 36.2 Å². The second-order valence-corrected chi connectivity index (χ2v) is 3.54. The molecule has 1 saturated heterocycles. The Labute approximate surface area is 160 Å². The van der Waals surface area contributed by atoms with Gasteiger partial charge in [0.25, 0.3) is 0 Å². The van der Waals surface area contributed by atoms with Crippen molar-refractivity contribution in [1.82, 2.24) is 15.5 Å². The van der Waals surface area contributed by atoms with Gasteiger partial charge in [-0.15, -0.1) is 0 Å². The molecule has 1 aliphatic heterocycles. The minimum Gasteiger partial charge on any atom is -0.337 e. The molecule has 1 aliphatic rings. The van der Waals surface area contributed by atoms with Crippen molar-refractivity contribution in [3.8, 4) is 11.4 Å². The van der Waals surface area contributed by atoms with E-state index in [9.17, 15) is 0 Å². The molecule has 2 aromatic rings. The Balaban J connectivity index is 0.000000722. The van der Waals surface area contributed by atoms with Gasteiger partial charge in [0, 0.05) is 0 Å². The van der Waals surface area contributed by atoms with Crippen LogP contribution in [0, 0.1) is 6.07 Å². The van der Waals surface area contributed by atoms with Crippen molar-refractivity contribution in [3.63, 3.8) is 0 Å². The smallest absolute Gasteiger partial charge is 0.337 e. The summed E-state index contributed by atoms with van der Waals surface area (Å²) in [4.78, 5) is 4.35. The maximum absolute atomic E-state index is 5.19. The molecule has 0 saturated carbocycles. The van der Waals surface area contributed by atoms with Gasteiger partial charge in [-0.1, -0.05) is 18.1 Å². The van der Waals surface area contributed by atoms with Crippen LogP contribution in [0.15, 0.2) is 28.8 Å². The van der Waals surface area contributed by atoms with Gasteiger partial charge in [0.2, 0.25) is 5.89 Å². The fourth-order valence-electron chi connectivity index (χ4n) is 1.53. The van der Waals surface area contributed by atoms with Gasteiger partial charge in [-0.2, -0.15) is 35.3 Å². The van der Waals surface area contributed by atoms with Crippen LogP contribution < -0.4 is 74.2 Å². The quantitative estimate of drug-likeness (QED) is 0.723. The van der Waals surface area contributed by atoms with E-state index < -0.39 is 0 Å². The number of aromatic nitrogens is 2. The molecular formula is C12H14CsN3O. The second-order valence-electron chi connectivity index (χ2n) is 3.54. The van der Waals surface area contributed by atoms with E-state index in [4.69, 9.17) is 4.52 Å². The molecule has 2 heterocycles. The zero-order chi connectivity index (χ0) is 10.1. The average molecular weight is 349 g/mol. The molecule has 0 aliphatic carbocycles. The molecule has 1 aromatic carbocycles. The number of benzene rings is 1. The van der Waals surface area contributed by atoms with Gasteiger partial charge in [-0.3, -0.25) is 0 Å². The third-order valence-electron chi connectivity index (χ3n) is 2.54. The van der Waals surface area contributed by atoms with Crippen molar-refractivity contribution in [2.75, 3.05) is 6.54 Å². The van der Waals surface area contributed by atoms with Crippen LogP contribution in [-0.4, -0.2) is 16.7 Å². The zero-order valence-corrected chi connectivity index (χ0v) is 15.4. The number of nitrogens with one attached hydrogen (secondary N) is 1. The summed E-state index contributed by atoms with van der Waals surface area (Å²) in [7, 11) is 0. The standard InChI is InChI=1S/C11H10N3O.CH4.Cs/c1-2-4-8(5-3-1)10-13-11(15-14-10)9-6-7-12-9;;/h2-5,9,12H,6-7H2;1H4;/q-1;;+1. The zero-order valence-electron chi connectivity index (χ0n) is 9.10. The summed E-state index contributed by atoms with van der Waals surface area (Å²) in [6, 6.07) is 10.7. The molecule has 84 valence electrons. The second kappa shape index (κ2) is 7.08. The SMILES string of the molecule is C.[Cs+].[c-]1ccc(-c2noc(C3CCN3)n2)cc1. The normalized spacial score (nSPS) is 17.5. The molecule has 1 unspecified atom stereocenters. The number of nitrogens with zero attached hydrogens (tertiary/aromatic N) is 2. The van der Waals surface area contributed by atoms with Gasteiger partial charge >= 0.3 is 68.9 Å². The largest absolute Gasteiger partial charge is 1.00 e. The summed E-state index contributed by atoms with van der Waals surface area (Å²) < 4.78 is 5.19. The Kier molecular flexibility index (Phi) is 6.43. The first kappa shape index (κ1) is 15.4. The summed E-state index contributed by atoms with van der Waals surface area (Å²) in [6.45, 7) is 1.03. The Hall–Kier alpha value is 0.372. The van der Waals surface area contributed by atoms with Crippen LogP contribution in [0.3, 0.4) is 0 Å². The fourth-order valence-corrected chi connectivity index (χ4v) is 1.53. The molecule has 4 nitrogen and oxygen atoms in total. The Morgan fingerprint density at radius 1 is 1.35 bits per heavy atom. The van der Waals surface area contributed by atoms with E-state index in [1.165, 1.54) is 0 Å². The maximum atomic E-state index is 5.19. The predicted molar refractivity (Wildman–Crippen MR) is 60.7 cm³/mol. The van der Waals surface area contributed by atoms with Gasteiger partial charge in [0.05, 0.1) is 6.04 Å². The number of hydrogen-bond acceptors (Lipinski definition) is 4. The molecule has 0 spiro atoms. The summed E-state index contributed by atoms with van der Waals surface area (Å²) in [6.07, 6.45) is 1.07. The van der Waals surface area contributed by atoms with Crippen LogP contribution in [0.2, 0.25) is 0 Å². The Morgan fingerprint density at radius 2 is 2.06 bits per heavy atom. The van der Waals surface area contributed by atoms with Crippen molar-refractivity contribution in [2.45, 2.75) is 19.9 Å². The molecule has 1 aromatic heterocycles. The van der Waals surface area contributed by atoms with Crippen molar-refractivity contribution < 1.29 is 73.4 Å². The molecule has 1 atom stereocenters. The maximum Gasteiger partial charge on any atom is 1.00 e. The molecule has 0 amide bonds. The fraction of sp³-hybridized carbons (Fsp3) is 0.333. The van der Waals surface area contributed by atoms with Gasteiger partial charge in [-0.25, -0.2) is 0 Å². The van der Waals surface area contributed by atoms with E-state index in [-0.39, 0.29) is 82.4 Å². The van der Waals surface area contributed by atoms with Crippen LogP contribution in [0.25, 0.3) is 11.4 Å². The van der Waals surface area contributed by atoms with Gasteiger partial charge in [0.15, 0.2) is 5.82 Å². The molecule has 1 fully saturated rings. The van der Waals surface area contributed by atoms with Crippen molar-refractivity contribution >= 4 is 0 Å². The van der Waals surface area contributed by atoms with Crippen molar-refractivity contribution in [2.24, 2.45) is 0 Å². The van der Waals surface area contributed by atoms with E-state index in [0.29, 0.717) is 11.7 Å². The minimum atomic E-state index is 0. The van der Waals surface area contributed by atoms with Gasteiger partial charge in [0.1, 0.15) is 0 Å². The Morgan fingerprint density at radius 3 is 2.65 bits per heavy atom. The van der Waals surface area contributed by atoms with Crippen LogP contribution in [-0.2, 0) is 0 Å². The molecule has 17 heavy (non-hydrogen) atoms. The molecule has 3 rings (SSSR count). The van der Waals surface area contributed by atoms with Crippen LogP contribution >= 0.6 is 0 Å². The summed E-state index contributed by atoms with van der Waals surface area (Å²) in [5, 5.41) is 7.17. The molecule has 5 heteroatoms. The third-order valence-corrected chi connectivity index (χ3v) is 2.54. The van der Waals surface area contributed by atoms with E-state index >= 15 is 0 Å². The van der Waals surface area contributed by atoms with E-state index in [1.807, 2.05) is 24.3 Å². The predicted octanol–water partition coefficient (Wildman–Crippen LogP) is -0.789. The monoisotopic (exact) mass is 349 g/mol. The first-order valence-corrected chi connectivity index (χ1v) is 4.97. The summed E-state index contributed by atoms with van der Waals surface area (Å²) in [5.41, 5.74) is 0.961. The number of hydrogen-bond donors (Lipinski definition) is 1. The van der Waals surface area contributed by atoms with Crippen molar-refractivity contribution in [1.29, 1.82) is 0 Å². The summed E-state index contributed by atoms with van der Waals surface area (Å²) >= 11 is 0. The first-order chi connectivity index (χ1) is 7.43. The first-order valence-electron chi connectivity index (χ1n) is 4.97. The van der Waals surface area contributed by atoms with E-state index in [0.717, 1.165) is 18.5 Å². The third kappa shape index (κ3) is 3.44. The molecular weight excluding hydrogens is 335 g/mol. The minimum absolute atomic E-state index is 0. The van der Waals surface area contributed by atoms with Crippen LogP contribution in [0.1, 0.15) is 25.8 Å². The van der Waals surface area contributed by atoms with Crippen LogP contribution in [0.4, 0.5) is 0 Å². The molecule has 0 bridgehead atoms. The summed E-state index contributed by atoms with van der Waals surface area (Å²) in [5.74, 6) is 1.33. The van der Waals surface area contributed by atoms with E-state index in [1.54, 1.807) is 0 Å². The van der Waals surface area contributed by atoms with Gasteiger partial charge < -0.3 is 9.84 Å². The number of rotatable bonds is 2. The topological polar surface area (TPSA) is 51.0 Å². The van der Waals surface area contributed by atoms with E-state index in [2.05, 4.69) is 21.5 Å². The molecule has 1 N–H and O–H groups in total.